The molecule has 0 saturated carbocycles. The predicted octanol–water partition coefficient (Wildman–Crippen LogP) is 3.54. The molecule has 0 N–H and O–H groups in total. The Morgan fingerprint density at radius 2 is 1.68 bits per heavy atom. The third-order valence-corrected chi connectivity index (χ3v) is 8.13. The van der Waals surface area contributed by atoms with Crippen molar-refractivity contribution >= 4 is 27.3 Å². The molecule has 0 bridgehead atoms. The Labute approximate surface area is 182 Å². The van der Waals surface area contributed by atoms with Gasteiger partial charge in [-0.05, 0) is 49.4 Å². The van der Waals surface area contributed by atoms with Gasteiger partial charge in [-0.25, -0.2) is 22.2 Å². The minimum absolute atomic E-state index is 0.102. The van der Waals surface area contributed by atoms with Gasteiger partial charge in [-0.15, -0.1) is 11.3 Å². The Morgan fingerprint density at radius 1 is 1.00 bits per heavy atom. The van der Waals surface area contributed by atoms with E-state index in [0.717, 1.165) is 11.6 Å². The summed E-state index contributed by atoms with van der Waals surface area (Å²) in [6, 6.07) is 10.8. The lowest BCUT2D eigenvalue weighted by molar-refractivity contribution is 0.0702. The molecular formula is C21H19F2N3O3S2. The number of hydrogen-bond donors (Lipinski definition) is 0. The van der Waals surface area contributed by atoms with Gasteiger partial charge in [-0.3, -0.25) is 4.79 Å². The van der Waals surface area contributed by atoms with Gasteiger partial charge in [0.05, 0.1) is 10.6 Å². The molecule has 0 aliphatic carbocycles. The second-order valence-electron chi connectivity index (χ2n) is 7.09. The van der Waals surface area contributed by atoms with Crippen LogP contribution < -0.4 is 0 Å². The summed E-state index contributed by atoms with van der Waals surface area (Å²) in [6.07, 6.45) is 0. The molecule has 1 fully saturated rings. The smallest absolute Gasteiger partial charge is 0.265 e. The summed E-state index contributed by atoms with van der Waals surface area (Å²) in [5, 5.41) is 0.619. The van der Waals surface area contributed by atoms with Gasteiger partial charge in [0.2, 0.25) is 10.0 Å². The Balaban J connectivity index is 1.47. The Kier molecular flexibility index (Phi) is 5.87. The minimum atomic E-state index is -3.83. The SMILES string of the molecule is Cc1nc(-c2ccc(F)cc2)sc1C(=O)N1CCN(S(=O)(=O)c2cccc(F)c2)CC1. The number of carbonyl (C=O) groups is 1. The van der Waals surface area contributed by atoms with E-state index in [-0.39, 0.29) is 42.8 Å². The number of halogens is 2. The summed E-state index contributed by atoms with van der Waals surface area (Å²) < 4.78 is 53.4. The Morgan fingerprint density at radius 3 is 2.32 bits per heavy atom. The lowest BCUT2D eigenvalue weighted by Gasteiger charge is -2.33. The molecular weight excluding hydrogens is 444 g/mol. The van der Waals surface area contributed by atoms with Gasteiger partial charge >= 0.3 is 0 Å². The second kappa shape index (κ2) is 8.45. The van der Waals surface area contributed by atoms with Crippen molar-refractivity contribution in [3.05, 3.63) is 70.7 Å². The number of nitrogens with zero attached hydrogens (tertiary/aromatic N) is 3. The fourth-order valence-electron chi connectivity index (χ4n) is 3.36. The molecule has 162 valence electrons. The molecule has 0 spiro atoms. The van der Waals surface area contributed by atoms with Crippen LogP contribution in [0.3, 0.4) is 0 Å². The van der Waals surface area contributed by atoms with Gasteiger partial charge in [-0.2, -0.15) is 4.31 Å². The zero-order chi connectivity index (χ0) is 22.2. The van der Waals surface area contributed by atoms with E-state index in [9.17, 15) is 22.0 Å². The van der Waals surface area contributed by atoms with Gasteiger partial charge in [0.25, 0.3) is 5.91 Å². The van der Waals surface area contributed by atoms with Gasteiger partial charge in [0.15, 0.2) is 0 Å². The minimum Gasteiger partial charge on any atom is -0.335 e. The Hall–Kier alpha value is -2.69. The van der Waals surface area contributed by atoms with Crippen LogP contribution in [-0.4, -0.2) is 54.7 Å². The molecule has 1 aromatic heterocycles. The van der Waals surface area contributed by atoms with E-state index in [0.29, 0.717) is 15.6 Å². The van der Waals surface area contributed by atoms with Crippen LogP contribution in [0.2, 0.25) is 0 Å². The van der Waals surface area contributed by atoms with Gasteiger partial charge in [0, 0.05) is 31.7 Å². The maximum atomic E-state index is 13.4. The van der Waals surface area contributed by atoms with Crippen molar-refractivity contribution in [2.24, 2.45) is 0 Å². The van der Waals surface area contributed by atoms with Crippen LogP contribution >= 0.6 is 11.3 Å². The number of aromatic nitrogens is 1. The van der Waals surface area contributed by atoms with Crippen LogP contribution in [0.15, 0.2) is 53.4 Å². The highest BCUT2D eigenvalue weighted by molar-refractivity contribution is 7.89. The molecule has 1 aliphatic rings. The van der Waals surface area contributed by atoms with Crippen LogP contribution in [0, 0.1) is 18.6 Å². The normalized spacial score (nSPS) is 15.3. The number of rotatable bonds is 4. The van der Waals surface area contributed by atoms with Crippen LogP contribution in [0.4, 0.5) is 8.78 Å². The Bertz CT molecular complexity index is 1220. The van der Waals surface area contributed by atoms with E-state index < -0.39 is 15.8 Å². The number of thiazole rings is 1. The highest BCUT2D eigenvalue weighted by atomic mass is 32.2. The van der Waals surface area contributed by atoms with E-state index in [1.807, 2.05) is 0 Å². The first-order chi connectivity index (χ1) is 14.8. The maximum absolute atomic E-state index is 13.4. The number of carbonyl (C=O) groups excluding carboxylic acids is 1. The van der Waals surface area contributed by atoms with E-state index >= 15 is 0 Å². The number of hydrogen-bond acceptors (Lipinski definition) is 5. The molecule has 0 atom stereocenters. The number of sulfonamides is 1. The van der Waals surface area contributed by atoms with Crippen molar-refractivity contribution in [3.8, 4) is 10.6 Å². The molecule has 2 heterocycles. The number of amides is 1. The first kappa shape index (κ1) is 21.5. The molecule has 0 radical (unpaired) electrons. The third-order valence-electron chi connectivity index (χ3n) is 5.04. The van der Waals surface area contributed by atoms with Crippen molar-refractivity contribution in [1.29, 1.82) is 0 Å². The largest absolute Gasteiger partial charge is 0.335 e. The van der Waals surface area contributed by atoms with E-state index in [4.69, 9.17) is 0 Å². The third kappa shape index (κ3) is 4.36. The van der Waals surface area contributed by atoms with Crippen molar-refractivity contribution in [1.82, 2.24) is 14.2 Å². The van der Waals surface area contributed by atoms with Crippen molar-refractivity contribution in [2.75, 3.05) is 26.2 Å². The quantitative estimate of drug-likeness (QED) is 0.594. The molecule has 1 aliphatic heterocycles. The molecule has 10 heteroatoms. The standard InChI is InChI=1S/C21H19F2N3O3S2/c1-14-19(30-20(24-14)15-5-7-16(22)8-6-15)21(27)25-9-11-26(12-10-25)31(28,29)18-4-2-3-17(23)13-18/h2-8,13H,9-12H2,1H3. The first-order valence-electron chi connectivity index (χ1n) is 9.54. The predicted molar refractivity (Wildman–Crippen MR) is 113 cm³/mol. The summed E-state index contributed by atoms with van der Waals surface area (Å²) in [5.74, 6) is -1.18. The van der Waals surface area contributed by atoms with Gasteiger partial charge < -0.3 is 4.90 Å². The highest BCUT2D eigenvalue weighted by Crippen LogP contribution is 2.29. The second-order valence-corrected chi connectivity index (χ2v) is 10.0. The molecule has 1 saturated heterocycles. The molecule has 0 unspecified atom stereocenters. The fourth-order valence-corrected chi connectivity index (χ4v) is 5.86. The summed E-state index contributed by atoms with van der Waals surface area (Å²) >= 11 is 1.23. The fraction of sp³-hybridized carbons (Fsp3) is 0.238. The van der Waals surface area contributed by atoms with Crippen LogP contribution in [-0.2, 0) is 10.0 Å². The summed E-state index contributed by atoms with van der Waals surface area (Å²) in [6.45, 7) is 2.41. The molecule has 1 amide bonds. The van der Waals surface area contributed by atoms with Crippen LogP contribution in [0.5, 0.6) is 0 Å². The van der Waals surface area contributed by atoms with E-state index in [2.05, 4.69) is 4.98 Å². The van der Waals surface area contributed by atoms with Crippen molar-refractivity contribution in [3.63, 3.8) is 0 Å². The molecule has 31 heavy (non-hydrogen) atoms. The van der Waals surface area contributed by atoms with Gasteiger partial charge in [-0.1, -0.05) is 6.07 Å². The molecule has 3 aromatic rings. The number of benzene rings is 2. The van der Waals surface area contributed by atoms with Gasteiger partial charge in [0.1, 0.15) is 21.5 Å². The highest BCUT2D eigenvalue weighted by Gasteiger charge is 2.31. The summed E-state index contributed by atoms with van der Waals surface area (Å²) in [4.78, 5) is 19.4. The summed E-state index contributed by atoms with van der Waals surface area (Å²) in [5.41, 5.74) is 1.30. The molecule has 2 aromatic carbocycles. The van der Waals surface area contributed by atoms with Crippen LogP contribution in [0.25, 0.3) is 10.6 Å². The zero-order valence-electron chi connectivity index (χ0n) is 16.6. The average molecular weight is 464 g/mol. The lowest BCUT2D eigenvalue weighted by atomic mass is 10.2. The number of piperazine rings is 1. The molecule has 6 nitrogen and oxygen atoms in total. The monoisotopic (exact) mass is 463 g/mol. The molecule has 4 rings (SSSR count). The van der Waals surface area contributed by atoms with Crippen LogP contribution in [0.1, 0.15) is 15.4 Å². The van der Waals surface area contributed by atoms with E-state index in [1.54, 1.807) is 24.0 Å². The number of aryl methyl sites for hydroxylation is 1. The average Bonchev–Trinajstić information content (AvgIpc) is 3.15. The maximum Gasteiger partial charge on any atom is 0.265 e. The first-order valence-corrected chi connectivity index (χ1v) is 11.8. The summed E-state index contributed by atoms with van der Waals surface area (Å²) in [7, 11) is -3.83. The topological polar surface area (TPSA) is 70.6 Å². The lowest BCUT2D eigenvalue weighted by Crippen LogP contribution is -2.50. The van der Waals surface area contributed by atoms with E-state index in [1.165, 1.54) is 46.0 Å². The van der Waals surface area contributed by atoms with Crippen molar-refractivity contribution in [2.45, 2.75) is 11.8 Å². The zero-order valence-corrected chi connectivity index (χ0v) is 18.2. The van der Waals surface area contributed by atoms with Crippen molar-refractivity contribution < 1.29 is 22.0 Å².